The fourth-order valence-corrected chi connectivity index (χ4v) is 2.98. The van der Waals surface area contributed by atoms with Crippen molar-refractivity contribution in [2.45, 2.75) is 39.7 Å². The van der Waals surface area contributed by atoms with Gasteiger partial charge in [0.05, 0.1) is 12.6 Å². The Morgan fingerprint density at radius 2 is 2.12 bits per heavy atom. The molecule has 0 spiro atoms. The predicted molar refractivity (Wildman–Crippen MR) is 95.1 cm³/mol. The third-order valence-electron chi connectivity index (χ3n) is 4.36. The van der Waals surface area contributed by atoms with Crippen molar-refractivity contribution in [1.82, 2.24) is 9.88 Å². The van der Waals surface area contributed by atoms with Gasteiger partial charge in [0.2, 0.25) is 0 Å². The number of ether oxygens (including phenoxy) is 1. The van der Waals surface area contributed by atoms with E-state index in [1.54, 1.807) is 17.9 Å². The molecule has 0 aliphatic heterocycles. The largest absolute Gasteiger partial charge is 0.494 e. The number of aryl methyl sites for hydroxylation is 1. The molecule has 0 bridgehead atoms. The van der Waals surface area contributed by atoms with E-state index in [1.807, 2.05) is 32.0 Å². The number of fused-ring (bicyclic) bond motifs is 1. The molecule has 0 saturated carbocycles. The number of alkyl halides is 2. The topological polar surface area (TPSA) is 28.3 Å². The lowest BCUT2D eigenvalue weighted by atomic mass is 10.1. The van der Waals surface area contributed by atoms with E-state index in [0.717, 1.165) is 27.9 Å². The molecule has 2 rings (SSSR count). The molecule has 1 aromatic carbocycles. The fourth-order valence-electron chi connectivity index (χ4n) is 2.98. The minimum atomic E-state index is -2.36. The van der Waals surface area contributed by atoms with Crippen LogP contribution < -0.4 is 4.74 Å². The lowest BCUT2D eigenvalue weighted by Crippen LogP contribution is -2.39. The van der Waals surface area contributed by atoms with Crippen LogP contribution in [0.4, 0.5) is 8.78 Å². The highest BCUT2D eigenvalue weighted by Crippen LogP contribution is 2.27. The van der Waals surface area contributed by atoms with Gasteiger partial charge in [0.1, 0.15) is 5.75 Å². The molecule has 1 N–H and O–H groups in total. The number of hydrogen-bond acceptors (Lipinski definition) is 2. The summed E-state index contributed by atoms with van der Waals surface area (Å²) in [5, 5.41) is 1.10. The molecule has 0 amide bonds. The molecule has 3 nitrogen and oxygen atoms in total. The van der Waals surface area contributed by atoms with Gasteiger partial charge in [-0.15, -0.1) is 6.58 Å². The van der Waals surface area contributed by atoms with Crippen LogP contribution in [0.3, 0.4) is 0 Å². The highest BCUT2D eigenvalue weighted by Gasteiger charge is 2.22. The van der Waals surface area contributed by atoms with Crippen LogP contribution >= 0.6 is 0 Å². The zero-order chi connectivity index (χ0) is 17.7. The maximum absolute atomic E-state index is 13.0. The third-order valence-corrected chi connectivity index (χ3v) is 4.36. The van der Waals surface area contributed by atoms with Crippen LogP contribution in [0.15, 0.2) is 30.9 Å². The number of H-pyrrole nitrogens is 1. The normalized spacial score (nSPS) is 13.0. The van der Waals surface area contributed by atoms with Crippen molar-refractivity contribution in [1.29, 1.82) is 0 Å². The van der Waals surface area contributed by atoms with Gasteiger partial charge in [-0.05, 0) is 51.0 Å². The summed E-state index contributed by atoms with van der Waals surface area (Å²) in [6, 6.07) is 5.17. The Morgan fingerprint density at radius 3 is 2.75 bits per heavy atom. The molecule has 0 fully saturated rings. The van der Waals surface area contributed by atoms with Crippen LogP contribution in [-0.4, -0.2) is 42.0 Å². The van der Waals surface area contributed by atoms with Gasteiger partial charge in [-0.3, -0.25) is 4.90 Å². The summed E-state index contributed by atoms with van der Waals surface area (Å²) in [4.78, 5) is 5.13. The number of halogens is 2. The van der Waals surface area contributed by atoms with Gasteiger partial charge in [0.25, 0.3) is 6.43 Å². The van der Waals surface area contributed by atoms with Crippen LogP contribution in [0.5, 0.6) is 5.75 Å². The van der Waals surface area contributed by atoms with E-state index < -0.39 is 12.5 Å². The van der Waals surface area contributed by atoms with Crippen molar-refractivity contribution in [2.75, 3.05) is 19.7 Å². The zero-order valence-corrected chi connectivity index (χ0v) is 14.6. The van der Waals surface area contributed by atoms with Crippen molar-refractivity contribution in [2.24, 2.45) is 0 Å². The molecule has 1 unspecified atom stereocenters. The SMILES string of the molecule is C=CCN(CCc1c(C)[nH]c2ccc(OCC)cc12)C(C)C(F)F. The zero-order valence-electron chi connectivity index (χ0n) is 14.6. The molecule has 2 aromatic rings. The van der Waals surface area contributed by atoms with E-state index in [-0.39, 0.29) is 0 Å². The highest BCUT2D eigenvalue weighted by molar-refractivity contribution is 5.86. The minimum Gasteiger partial charge on any atom is -0.494 e. The maximum Gasteiger partial charge on any atom is 0.253 e. The van der Waals surface area contributed by atoms with Gasteiger partial charge in [-0.2, -0.15) is 0 Å². The van der Waals surface area contributed by atoms with E-state index in [1.165, 1.54) is 0 Å². The lowest BCUT2D eigenvalue weighted by Gasteiger charge is -2.27. The predicted octanol–water partition coefficient (Wildman–Crippen LogP) is 4.56. The molecular formula is C19H26F2N2O. The van der Waals surface area contributed by atoms with E-state index >= 15 is 0 Å². The molecule has 5 heteroatoms. The summed E-state index contributed by atoms with van der Waals surface area (Å²) in [6.07, 6.45) is 0.0130. The second kappa shape index (κ2) is 8.29. The first-order valence-corrected chi connectivity index (χ1v) is 8.35. The van der Waals surface area contributed by atoms with Crippen molar-refractivity contribution in [3.8, 4) is 5.75 Å². The summed E-state index contributed by atoms with van der Waals surface area (Å²) < 4.78 is 31.7. The van der Waals surface area contributed by atoms with Crippen LogP contribution in [0, 0.1) is 6.92 Å². The number of benzene rings is 1. The van der Waals surface area contributed by atoms with Crippen molar-refractivity contribution < 1.29 is 13.5 Å². The number of aromatic amines is 1. The molecular weight excluding hydrogens is 310 g/mol. The van der Waals surface area contributed by atoms with Crippen molar-refractivity contribution >= 4 is 10.9 Å². The summed E-state index contributed by atoms with van der Waals surface area (Å²) in [6.45, 7) is 10.8. The second-order valence-electron chi connectivity index (χ2n) is 5.98. The second-order valence-corrected chi connectivity index (χ2v) is 5.98. The van der Waals surface area contributed by atoms with E-state index in [4.69, 9.17) is 4.74 Å². The summed E-state index contributed by atoms with van der Waals surface area (Å²) in [7, 11) is 0. The van der Waals surface area contributed by atoms with E-state index in [9.17, 15) is 8.78 Å². The number of rotatable bonds is 9. The van der Waals surface area contributed by atoms with Crippen molar-refractivity contribution in [3.63, 3.8) is 0 Å². The smallest absolute Gasteiger partial charge is 0.253 e. The standard InChI is InChI=1S/C19H26F2N2O/c1-5-10-23(14(4)19(20)21)11-9-16-13(3)22-18-8-7-15(24-6-2)12-17(16)18/h5,7-8,12,14,19,22H,1,6,9-11H2,2-4H3. The fraction of sp³-hybridized carbons (Fsp3) is 0.474. The van der Waals surface area contributed by atoms with E-state index in [0.29, 0.717) is 26.1 Å². The molecule has 1 heterocycles. The number of aromatic nitrogens is 1. The Balaban J connectivity index is 2.22. The first-order valence-electron chi connectivity index (χ1n) is 8.35. The van der Waals surface area contributed by atoms with Crippen LogP contribution in [0.2, 0.25) is 0 Å². The first kappa shape index (κ1) is 18.5. The van der Waals surface area contributed by atoms with Gasteiger partial charge < -0.3 is 9.72 Å². The Bertz CT molecular complexity index is 681. The average Bonchev–Trinajstić information content (AvgIpc) is 2.86. The lowest BCUT2D eigenvalue weighted by molar-refractivity contribution is 0.0408. The number of nitrogens with zero attached hydrogens (tertiary/aromatic N) is 1. The average molecular weight is 336 g/mol. The molecule has 0 aliphatic rings. The molecule has 1 atom stereocenters. The maximum atomic E-state index is 13.0. The highest BCUT2D eigenvalue weighted by atomic mass is 19.3. The molecule has 0 radical (unpaired) electrons. The molecule has 132 valence electrons. The summed E-state index contributed by atoms with van der Waals surface area (Å²) >= 11 is 0. The molecule has 1 aromatic heterocycles. The van der Waals surface area contributed by atoms with Gasteiger partial charge in [0, 0.05) is 29.7 Å². The van der Waals surface area contributed by atoms with Crippen molar-refractivity contribution in [3.05, 3.63) is 42.1 Å². The summed E-state index contributed by atoms with van der Waals surface area (Å²) in [5.41, 5.74) is 3.27. The van der Waals surface area contributed by atoms with Gasteiger partial charge >= 0.3 is 0 Å². The Morgan fingerprint density at radius 1 is 1.38 bits per heavy atom. The quantitative estimate of drug-likeness (QED) is 0.680. The summed E-state index contributed by atoms with van der Waals surface area (Å²) in [5.74, 6) is 0.828. The Kier molecular flexibility index (Phi) is 6.37. The van der Waals surface area contributed by atoms with Gasteiger partial charge in [0.15, 0.2) is 0 Å². The van der Waals surface area contributed by atoms with E-state index in [2.05, 4.69) is 11.6 Å². The monoisotopic (exact) mass is 336 g/mol. The van der Waals surface area contributed by atoms with Gasteiger partial charge in [-0.25, -0.2) is 8.78 Å². The Labute approximate surface area is 142 Å². The molecule has 0 saturated heterocycles. The van der Waals surface area contributed by atoms with Crippen LogP contribution in [-0.2, 0) is 6.42 Å². The number of hydrogen-bond donors (Lipinski definition) is 1. The molecule has 0 aliphatic carbocycles. The molecule has 24 heavy (non-hydrogen) atoms. The third kappa shape index (κ3) is 4.15. The Hall–Kier alpha value is -1.88. The van der Waals surface area contributed by atoms with Crippen LogP contribution in [0.25, 0.3) is 10.9 Å². The first-order chi connectivity index (χ1) is 11.5. The minimum absolute atomic E-state index is 0.455. The number of nitrogens with one attached hydrogen (secondary N) is 1. The van der Waals surface area contributed by atoms with Crippen LogP contribution in [0.1, 0.15) is 25.1 Å². The van der Waals surface area contributed by atoms with Gasteiger partial charge in [-0.1, -0.05) is 6.08 Å².